The van der Waals surface area contributed by atoms with Crippen molar-refractivity contribution in [1.29, 1.82) is 0 Å². The Balaban J connectivity index is 2.57. The molecule has 0 fully saturated rings. The monoisotopic (exact) mass is 280 g/mol. The van der Waals surface area contributed by atoms with Crippen LogP contribution in [0.1, 0.15) is 28.3 Å². The number of nitrogens with two attached hydrogens (primary N) is 1. The minimum Gasteiger partial charge on any atom is -0.271 e. The molecule has 2 aromatic rings. The van der Waals surface area contributed by atoms with Gasteiger partial charge in [-0.1, -0.05) is 42.5 Å². The molecule has 2 aromatic carbocycles. The van der Waals surface area contributed by atoms with Crippen molar-refractivity contribution in [3.05, 3.63) is 70.8 Å². The fourth-order valence-corrected chi connectivity index (χ4v) is 2.26. The van der Waals surface area contributed by atoms with E-state index in [2.05, 4.69) is 5.43 Å². The van der Waals surface area contributed by atoms with Gasteiger partial charge in [0.25, 0.3) is 0 Å². The van der Waals surface area contributed by atoms with E-state index in [-0.39, 0.29) is 5.56 Å². The first kappa shape index (κ1) is 14.6. The number of halogens is 3. The maximum Gasteiger partial charge on any atom is 0.416 e. The summed E-state index contributed by atoms with van der Waals surface area (Å²) in [7, 11) is 0. The van der Waals surface area contributed by atoms with Crippen molar-refractivity contribution in [2.75, 3.05) is 0 Å². The van der Waals surface area contributed by atoms with Crippen LogP contribution in [0.4, 0.5) is 13.2 Å². The Morgan fingerprint density at radius 2 is 1.50 bits per heavy atom. The molecule has 0 aromatic heterocycles. The minimum atomic E-state index is -4.41. The highest BCUT2D eigenvalue weighted by molar-refractivity contribution is 5.41. The molecule has 2 rings (SSSR count). The summed E-state index contributed by atoms with van der Waals surface area (Å²) < 4.78 is 39.3. The molecule has 0 heterocycles. The number of alkyl halides is 3. The number of hydrogen-bond acceptors (Lipinski definition) is 2. The number of hydrogen-bond donors (Lipinski definition) is 2. The van der Waals surface area contributed by atoms with Crippen molar-refractivity contribution in [2.45, 2.75) is 19.1 Å². The second kappa shape index (κ2) is 5.64. The second-order valence-electron chi connectivity index (χ2n) is 4.54. The zero-order valence-electron chi connectivity index (χ0n) is 10.9. The van der Waals surface area contributed by atoms with Gasteiger partial charge in [0.1, 0.15) is 0 Å². The number of hydrazine groups is 1. The maximum atomic E-state index is 13.1. The van der Waals surface area contributed by atoms with E-state index >= 15 is 0 Å². The first-order valence-corrected chi connectivity index (χ1v) is 6.13. The molecule has 0 radical (unpaired) electrons. The molecule has 0 aliphatic rings. The number of nitrogens with one attached hydrogen (secondary N) is 1. The Morgan fingerprint density at radius 3 is 2.05 bits per heavy atom. The molecule has 20 heavy (non-hydrogen) atoms. The number of rotatable bonds is 3. The van der Waals surface area contributed by atoms with E-state index in [1.165, 1.54) is 12.1 Å². The minimum absolute atomic E-state index is 0.122. The lowest BCUT2D eigenvalue weighted by molar-refractivity contribution is -0.138. The zero-order chi connectivity index (χ0) is 14.8. The van der Waals surface area contributed by atoms with E-state index in [4.69, 9.17) is 5.84 Å². The molecule has 1 unspecified atom stereocenters. The molecular formula is C15H15F3N2. The number of benzene rings is 2. The molecular weight excluding hydrogens is 265 g/mol. The summed E-state index contributed by atoms with van der Waals surface area (Å²) in [4.78, 5) is 0. The lowest BCUT2D eigenvalue weighted by atomic mass is 9.92. The first-order valence-electron chi connectivity index (χ1n) is 6.13. The van der Waals surface area contributed by atoms with Crippen LogP contribution in [0, 0.1) is 6.92 Å². The molecule has 0 amide bonds. The predicted octanol–water partition coefficient (Wildman–Crippen LogP) is 3.57. The summed E-state index contributed by atoms with van der Waals surface area (Å²) in [5, 5.41) is 0. The van der Waals surface area contributed by atoms with Crippen LogP contribution in [0.5, 0.6) is 0 Å². The van der Waals surface area contributed by atoms with Crippen LogP contribution in [0.25, 0.3) is 0 Å². The fraction of sp³-hybridized carbons (Fsp3) is 0.200. The quantitative estimate of drug-likeness (QED) is 0.666. The molecule has 106 valence electrons. The molecule has 0 bridgehead atoms. The molecule has 3 N–H and O–H groups in total. The van der Waals surface area contributed by atoms with Gasteiger partial charge in [-0.05, 0) is 29.7 Å². The van der Waals surface area contributed by atoms with Crippen LogP contribution in [0.15, 0.2) is 48.5 Å². The van der Waals surface area contributed by atoms with E-state index < -0.39 is 17.8 Å². The summed E-state index contributed by atoms with van der Waals surface area (Å²) in [5.41, 5.74) is 3.55. The third-order valence-corrected chi connectivity index (χ3v) is 3.24. The summed E-state index contributed by atoms with van der Waals surface area (Å²) in [5.74, 6) is 5.50. The Hall–Kier alpha value is -1.85. The van der Waals surface area contributed by atoms with Gasteiger partial charge in [0.2, 0.25) is 0 Å². The molecule has 0 saturated carbocycles. The highest BCUT2D eigenvalue weighted by Crippen LogP contribution is 2.36. The highest BCUT2D eigenvalue weighted by atomic mass is 19.4. The first-order chi connectivity index (χ1) is 9.45. The summed E-state index contributed by atoms with van der Waals surface area (Å²) in [6.45, 7) is 1.84. The smallest absolute Gasteiger partial charge is 0.271 e. The van der Waals surface area contributed by atoms with Crippen LogP contribution < -0.4 is 11.3 Å². The topological polar surface area (TPSA) is 38.0 Å². The van der Waals surface area contributed by atoms with Crippen LogP contribution in [0.2, 0.25) is 0 Å². The Morgan fingerprint density at radius 1 is 0.950 bits per heavy atom. The normalized spacial score (nSPS) is 13.2. The third kappa shape index (κ3) is 2.84. The van der Waals surface area contributed by atoms with Gasteiger partial charge < -0.3 is 0 Å². The second-order valence-corrected chi connectivity index (χ2v) is 4.54. The highest BCUT2D eigenvalue weighted by Gasteiger charge is 2.35. The summed E-state index contributed by atoms with van der Waals surface area (Å²) in [6.07, 6.45) is -4.41. The average molecular weight is 280 g/mol. The van der Waals surface area contributed by atoms with Gasteiger partial charge in [-0.25, -0.2) is 5.43 Å². The van der Waals surface area contributed by atoms with Crippen molar-refractivity contribution in [1.82, 2.24) is 5.43 Å². The molecule has 0 saturated heterocycles. The average Bonchev–Trinajstić information content (AvgIpc) is 2.41. The van der Waals surface area contributed by atoms with Crippen LogP contribution in [-0.4, -0.2) is 0 Å². The van der Waals surface area contributed by atoms with E-state index in [1.54, 1.807) is 18.2 Å². The van der Waals surface area contributed by atoms with Gasteiger partial charge in [0, 0.05) is 0 Å². The predicted molar refractivity (Wildman–Crippen MR) is 71.8 cm³/mol. The summed E-state index contributed by atoms with van der Waals surface area (Å²) >= 11 is 0. The largest absolute Gasteiger partial charge is 0.416 e. The van der Waals surface area contributed by atoms with E-state index in [9.17, 15) is 13.2 Å². The van der Waals surface area contributed by atoms with Gasteiger partial charge in [-0.2, -0.15) is 13.2 Å². The van der Waals surface area contributed by atoms with Crippen LogP contribution in [0.3, 0.4) is 0 Å². The molecule has 2 nitrogen and oxygen atoms in total. The number of aryl methyl sites for hydroxylation is 1. The van der Waals surface area contributed by atoms with Crippen LogP contribution in [-0.2, 0) is 6.18 Å². The van der Waals surface area contributed by atoms with Gasteiger partial charge in [0.15, 0.2) is 0 Å². The van der Waals surface area contributed by atoms with Gasteiger partial charge in [-0.15, -0.1) is 0 Å². The van der Waals surface area contributed by atoms with Gasteiger partial charge in [0.05, 0.1) is 11.6 Å². The molecule has 0 aliphatic carbocycles. The standard InChI is InChI=1S/C15H15F3N2/c1-10-6-2-3-7-11(10)14(20-19)12-8-4-5-9-13(12)15(16,17)18/h2-9,14,20H,19H2,1H3. The maximum absolute atomic E-state index is 13.1. The van der Waals surface area contributed by atoms with E-state index in [0.717, 1.165) is 17.2 Å². The van der Waals surface area contributed by atoms with Crippen LogP contribution >= 0.6 is 0 Å². The molecule has 0 spiro atoms. The Labute approximate surface area is 115 Å². The molecule has 5 heteroatoms. The lowest BCUT2D eigenvalue weighted by Crippen LogP contribution is -2.31. The SMILES string of the molecule is Cc1ccccc1C(NN)c1ccccc1C(F)(F)F. The Kier molecular flexibility index (Phi) is 4.11. The van der Waals surface area contributed by atoms with Crippen molar-refractivity contribution in [3.63, 3.8) is 0 Å². The molecule has 1 atom stereocenters. The van der Waals surface area contributed by atoms with Crippen molar-refractivity contribution in [3.8, 4) is 0 Å². The molecule has 0 aliphatic heterocycles. The van der Waals surface area contributed by atoms with Crippen molar-refractivity contribution >= 4 is 0 Å². The van der Waals surface area contributed by atoms with E-state index in [1.807, 2.05) is 19.1 Å². The fourth-order valence-electron chi connectivity index (χ4n) is 2.26. The summed E-state index contributed by atoms with van der Waals surface area (Å²) in [6, 6.07) is 12.0. The third-order valence-electron chi connectivity index (χ3n) is 3.24. The lowest BCUT2D eigenvalue weighted by Gasteiger charge is -2.22. The Bertz CT molecular complexity index is 594. The van der Waals surface area contributed by atoms with Gasteiger partial charge in [-0.3, -0.25) is 5.84 Å². The van der Waals surface area contributed by atoms with E-state index in [0.29, 0.717) is 0 Å². The zero-order valence-corrected chi connectivity index (χ0v) is 10.9. The van der Waals surface area contributed by atoms with Crippen molar-refractivity contribution < 1.29 is 13.2 Å². The van der Waals surface area contributed by atoms with Crippen molar-refractivity contribution in [2.24, 2.45) is 5.84 Å². The van der Waals surface area contributed by atoms with Gasteiger partial charge >= 0.3 is 6.18 Å².